The van der Waals surface area contributed by atoms with Crippen molar-refractivity contribution in [2.24, 2.45) is 0 Å². The van der Waals surface area contributed by atoms with Crippen molar-refractivity contribution in [3.63, 3.8) is 0 Å². The third-order valence-electron chi connectivity index (χ3n) is 4.12. The number of ether oxygens (including phenoxy) is 3. The van der Waals surface area contributed by atoms with Gasteiger partial charge in [0.25, 0.3) is 11.1 Å². The Morgan fingerprint density at radius 2 is 1.87 bits per heavy atom. The van der Waals surface area contributed by atoms with Crippen molar-refractivity contribution < 1.29 is 33.7 Å². The lowest BCUT2D eigenvalue weighted by Crippen LogP contribution is -2.32. The Bertz CT molecular complexity index is 1040. The summed E-state index contributed by atoms with van der Waals surface area (Å²) in [4.78, 5) is 37.2. The van der Waals surface area contributed by atoms with Crippen LogP contribution < -0.4 is 14.2 Å². The zero-order valence-electron chi connectivity index (χ0n) is 16.4. The number of rotatable bonds is 9. The minimum Gasteiger partial charge on any atom is -0.493 e. The number of carbonyl (C=O) groups excluding carboxylic acids is 2. The molecule has 1 N–H and O–H groups in total. The molecule has 0 aliphatic carbocycles. The summed E-state index contributed by atoms with van der Waals surface area (Å²) >= 11 is 4.14. The number of methoxy groups -OCH3 is 1. The normalized spacial score (nSPS) is 14.8. The second-order valence-corrected chi connectivity index (χ2v) is 8.11. The molecule has 1 saturated heterocycles. The van der Waals surface area contributed by atoms with Crippen molar-refractivity contribution in [1.82, 2.24) is 4.90 Å². The average molecular weight is 508 g/mol. The van der Waals surface area contributed by atoms with Crippen LogP contribution in [0, 0.1) is 0 Å². The maximum absolute atomic E-state index is 12.7. The van der Waals surface area contributed by atoms with Gasteiger partial charge in [-0.3, -0.25) is 14.5 Å². The lowest BCUT2D eigenvalue weighted by atomic mass is 10.2. The zero-order valence-corrected chi connectivity index (χ0v) is 18.8. The van der Waals surface area contributed by atoms with E-state index in [4.69, 9.17) is 19.3 Å². The molecule has 162 valence electrons. The lowest BCUT2D eigenvalue weighted by Gasteiger charge is -2.14. The molecule has 3 rings (SSSR count). The van der Waals surface area contributed by atoms with Crippen LogP contribution in [0.15, 0.2) is 51.8 Å². The summed E-state index contributed by atoms with van der Waals surface area (Å²) in [7, 11) is 1.53. The van der Waals surface area contributed by atoms with Gasteiger partial charge < -0.3 is 19.3 Å². The highest BCUT2D eigenvalue weighted by Crippen LogP contribution is 2.35. The molecule has 0 radical (unpaired) electrons. The van der Waals surface area contributed by atoms with E-state index < -0.39 is 23.7 Å². The summed E-state index contributed by atoms with van der Waals surface area (Å²) in [6.45, 7) is -0.347. The number of hydrogen-bond acceptors (Lipinski definition) is 7. The van der Waals surface area contributed by atoms with E-state index in [1.54, 1.807) is 36.4 Å². The van der Waals surface area contributed by atoms with E-state index in [1.165, 1.54) is 13.2 Å². The molecule has 2 amide bonds. The predicted molar refractivity (Wildman–Crippen MR) is 118 cm³/mol. The van der Waals surface area contributed by atoms with Gasteiger partial charge in [-0.15, -0.1) is 0 Å². The fourth-order valence-corrected chi connectivity index (χ4v) is 3.96. The molecule has 31 heavy (non-hydrogen) atoms. The molecule has 1 aliphatic rings. The summed E-state index contributed by atoms with van der Waals surface area (Å²) in [5, 5.41) is 8.42. The minimum atomic E-state index is -1.12. The van der Waals surface area contributed by atoms with Crippen LogP contribution in [-0.4, -0.2) is 54.0 Å². The van der Waals surface area contributed by atoms with E-state index in [0.29, 0.717) is 21.5 Å². The number of thioether (sulfide) groups is 1. The van der Waals surface area contributed by atoms with Gasteiger partial charge in [-0.1, -0.05) is 28.1 Å². The first-order chi connectivity index (χ1) is 14.9. The van der Waals surface area contributed by atoms with Crippen LogP contribution in [0.25, 0.3) is 6.08 Å². The molecule has 1 fully saturated rings. The van der Waals surface area contributed by atoms with Crippen molar-refractivity contribution in [2.45, 2.75) is 0 Å². The number of benzene rings is 2. The molecule has 0 atom stereocenters. The van der Waals surface area contributed by atoms with Crippen LogP contribution in [0.4, 0.5) is 4.79 Å². The Kier molecular flexibility index (Phi) is 7.59. The zero-order chi connectivity index (χ0) is 22.4. The van der Waals surface area contributed by atoms with Crippen molar-refractivity contribution in [3.05, 3.63) is 57.4 Å². The summed E-state index contributed by atoms with van der Waals surface area (Å²) in [5.74, 6) is -0.217. The van der Waals surface area contributed by atoms with Gasteiger partial charge in [-0.2, -0.15) is 0 Å². The van der Waals surface area contributed by atoms with Crippen molar-refractivity contribution >= 4 is 50.9 Å². The molecular formula is C21H18BrNO7S. The van der Waals surface area contributed by atoms with Gasteiger partial charge in [0.05, 0.1) is 18.6 Å². The van der Waals surface area contributed by atoms with E-state index >= 15 is 0 Å². The number of halogens is 1. The number of hydrogen-bond donors (Lipinski definition) is 1. The number of amides is 2. The molecule has 2 aromatic carbocycles. The summed E-state index contributed by atoms with van der Waals surface area (Å²) < 4.78 is 16.8. The number of carbonyl (C=O) groups is 3. The first kappa shape index (κ1) is 22.7. The molecule has 0 bridgehead atoms. The molecule has 0 unspecified atom stereocenters. The van der Waals surface area contributed by atoms with Gasteiger partial charge in [0.15, 0.2) is 18.1 Å². The Hall–Kier alpha value is -2.98. The van der Waals surface area contributed by atoms with Crippen LogP contribution in [0.1, 0.15) is 5.56 Å². The van der Waals surface area contributed by atoms with Gasteiger partial charge in [-0.25, -0.2) is 4.79 Å². The number of aliphatic carboxylic acids is 1. The highest BCUT2D eigenvalue weighted by Gasteiger charge is 2.35. The molecule has 0 saturated carbocycles. The van der Waals surface area contributed by atoms with Crippen molar-refractivity contribution in [1.29, 1.82) is 0 Å². The van der Waals surface area contributed by atoms with E-state index in [2.05, 4.69) is 15.9 Å². The SMILES string of the molecule is COc1ccccc1OCCN1C(=O)S/C(=C\c2cc(Br)ccc2OCC(=O)O)C1=O. The van der Waals surface area contributed by atoms with E-state index in [-0.39, 0.29) is 23.8 Å². The topological polar surface area (TPSA) is 102 Å². The summed E-state index contributed by atoms with van der Waals surface area (Å²) in [5.41, 5.74) is 0.478. The van der Waals surface area contributed by atoms with Crippen LogP contribution >= 0.6 is 27.7 Å². The van der Waals surface area contributed by atoms with E-state index in [0.717, 1.165) is 16.7 Å². The quantitative estimate of drug-likeness (QED) is 0.507. The molecule has 0 aromatic heterocycles. The van der Waals surface area contributed by atoms with Crippen molar-refractivity contribution in [3.8, 4) is 17.2 Å². The fraction of sp³-hybridized carbons (Fsp3) is 0.190. The van der Waals surface area contributed by atoms with E-state index in [9.17, 15) is 14.4 Å². The highest BCUT2D eigenvalue weighted by molar-refractivity contribution is 9.10. The number of imide groups is 1. The minimum absolute atomic E-state index is 0.0703. The Morgan fingerprint density at radius 3 is 2.58 bits per heavy atom. The maximum atomic E-state index is 12.7. The third kappa shape index (κ3) is 5.80. The molecule has 1 aliphatic heterocycles. The molecular weight excluding hydrogens is 490 g/mol. The first-order valence-corrected chi connectivity index (χ1v) is 10.7. The predicted octanol–water partition coefficient (Wildman–Crippen LogP) is 4.04. The molecule has 1 heterocycles. The largest absolute Gasteiger partial charge is 0.493 e. The van der Waals surface area contributed by atoms with Gasteiger partial charge >= 0.3 is 5.97 Å². The van der Waals surface area contributed by atoms with Crippen molar-refractivity contribution in [2.75, 3.05) is 26.9 Å². The van der Waals surface area contributed by atoms with E-state index in [1.807, 2.05) is 6.07 Å². The first-order valence-electron chi connectivity index (χ1n) is 9.04. The van der Waals surface area contributed by atoms with Crippen LogP contribution in [0.5, 0.6) is 17.2 Å². The maximum Gasteiger partial charge on any atom is 0.341 e. The standard InChI is InChI=1S/C21H18BrNO7S/c1-28-16-4-2-3-5-17(16)29-9-8-23-20(26)18(31-21(23)27)11-13-10-14(22)6-7-15(13)30-12-19(24)25/h2-7,10-11H,8-9,12H2,1H3,(H,24,25)/b18-11-. The average Bonchev–Trinajstić information content (AvgIpc) is 3.00. The Morgan fingerprint density at radius 1 is 1.13 bits per heavy atom. The Balaban J connectivity index is 1.70. The van der Waals surface area contributed by atoms with Crippen LogP contribution in [-0.2, 0) is 9.59 Å². The van der Waals surface area contributed by atoms with Crippen LogP contribution in [0.3, 0.4) is 0 Å². The summed E-state index contributed by atoms with van der Waals surface area (Å²) in [6, 6.07) is 12.0. The highest BCUT2D eigenvalue weighted by atomic mass is 79.9. The monoisotopic (exact) mass is 507 g/mol. The number of carboxylic acids is 1. The molecule has 0 spiro atoms. The van der Waals surface area contributed by atoms with Gasteiger partial charge in [-0.05, 0) is 48.2 Å². The molecule has 2 aromatic rings. The lowest BCUT2D eigenvalue weighted by molar-refractivity contribution is -0.139. The van der Waals surface area contributed by atoms with Gasteiger partial charge in [0.2, 0.25) is 0 Å². The molecule has 10 heteroatoms. The Labute approximate surface area is 190 Å². The number of para-hydroxylation sites is 2. The van der Waals surface area contributed by atoms with Gasteiger partial charge in [0.1, 0.15) is 12.4 Å². The smallest absolute Gasteiger partial charge is 0.341 e. The number of nitrogens with zero attached hydrogens (tertiary/aromatic N) is 1. The second kappa shape index (κ2) is 10.4. The molecule has 8 nitrogen and oxygen atoms in total. The number of carboxylic acid groups (broad SMARTS) is 1. The fourth-order valence-electron chi connectivity index (χ4n) is 2.72. The summed E-state index contributed by atoms with van der Waals surface area (Å²) in [6.07, 6.45) is 1.51. The third-order valence-corrected chi connectivity index (χ3v) is 5.53. The van der Waals surface area contributed by atoms with Crippen LogP contribution in [0.2, 0.25) is 0 Å². The van der Waals surface area contributed by atoms with Gasteiger partial charge in [0, 0.05) is 10.0 Å². The second-order valence-electron chi connectivity index (χ2n) is 6.20.